The molecule has 3 fully saturated rings. The minimum absolute atomic E-state index is 0.0523. The molecule has 1 aromatic carbocycles. The van der Waals surface area contributed by atoms with Gasteiger partial charge < -0.3 is 15.1 Å². The van der Waals surface area contributed by atoms with E-state index in [1.54, 1.807) is 23.1 Å². The molecule has 1 heterocycles. The maximum Gasteiger partial charge on any atom is 0.312 e. The lowest BCUT2D eigenvalue weighted by Gasteiger charge is -2.36. The zero-order valence-corrected chi connectivity index (χ0v) is 15.9. The predicted molar refractivity (Wildman–Crippen MR) is 102 cm³/mol. The fourth-order valence-electron chi connectivity index (χ4n) is 5.28. The van der Waals surface area contributed by atoms with Crippen LogP contribution in [0.5, 0.6) is 0 Å². The van der Waals surface area contributed by atoms with E-state index in [0.29, 0.717) is 43.7 Å². The largest absolute Gasteiger partial charge is 0.366 e. The lowest BCUT2D eigenvalue weighted by atomic mass is 9.84. The Morgan fingerprint density at radius 3 is 2.48 bits per heavy atom. The number of anilines is 1. The predicted octanol–water partition coefficient (Wildman–Crippen LogP) is 2.42. The molecule has 4 atom stereocenters. The highest BCUT2D eigenvalue weighted by molar-refractivity contribution is 6.35. The maximum atomic E-state index is 13.9. The van der Waals surface area contributed by atoms with Gasteiger partial charge >= 0.3 is 11.8 Å². The first kappa shape index (κ1) is 18.3. The van der Waals surface area contributed by atoms with Gasteiger partial charge in [0.15, 0.2) is 0 Å². The molecular weight excluding hydrogens is 345 g/mol. The monoisotopic (exact) mass is 373 g/mol. The van der Waals surface area contributed by atoms with Gasteiger partial charge in [0, 0.05) is 32.2 Å². The molecule has 0 radical (unpaired) electrons. The van der Waals surface area contributed by atoms with Crippen molar-refractivity contribution in [3.8, 4) is 0 Å². The van der Waals surface area contributed by atoms with Crippen LogP contribution < -0.4 is 10.2 Å². The molecular formula is C21H28FN3O2. The lowest BCUT2D eigenvalue weighted by Crippen LogP contribution is -2.54. The first-order valence-electron chi connectivity index (χ1n) is 10.1. The molecule has 0 aromatic heterocycles. The van der Waals surface area contributed by atoms with Gasteiger partial charge in [-0.2, -0.15) is 0 Å². The molecule has 2 saturated carbocycles. The van der Waals surface area contributed by atoms with Crippen LogP contribution in [0.4, 0.5) is 10.1 Å². The molecule has 0 spiro atoms. The Kier molecular flexibility index (Phi) is 5.06. The number of hydrogen-bond acceptors (Lipinski definition) is 3. The van der Waals surface area contributed by atoms with Crippen LogP contribution in [0.2, 0.25) is 0 Å². The van der Waals surface area contributed by atoms with Crippen molar-refractivity contribution in [2.24, 2.45) is 17.8 Å². The third kappa shape index (κ3) is 3.66. The van der Waals surface area contributed by atoms with Crippen LogP contribution in [0.25, 0.3) is 0 Å². The second-order valence-corrected chi connectivity index (χ2v) is 8.33. The fourth-order valence-corrected chi connectivity index (χ4v) is 5.28. The summed E-state index contributed by atoms with van der Waals surface area (Å²) in [4.78, 5) is 28.5. The van der Waals surface area contributed by atoms with Crippen molar-refractivity contribution >= 4 is 17.5 Å². The van der Waals surface area contributed by atoms with Crippen LogP contribution in [0.1, 0.15) is 32.6 Å². The summed E-state index contributed by atoms with van der Waals surface area (Å²) in [7, 11) is 0. The Hall–Kier alpha value is -2.11. The number of para-hydroxylation sites is 1. The number of hydrogen-bond donors (Lipinski definition) is 1. The minimum atomic E-state index is -0.496. The van der Waals surface area contributed by atoms with E-state index in [9.17, 15) is 14.0 Å². The normalized spacial score (nSPS) is 28.3. The van der Waals surface area contributed by atoms with E-state index in [4.69, 9.17) is 0 Å². The number of carbonyl (C=O) groups excluding carboxylic acids is 2. The van der Waals surface area contributed by atoms with Gasteiger partial charge in [-0.1, -0.05) is 18.6 Å². The molecule has 146 valence electrons. The highest BCUT2D eigenvalue weighted by atomic mass is 19.1. The zero-order chi connectivity index (χ0) is 19.0. The zero-order valence-electron chi connectivity index (χ0n) is 15.9. The summed E-state index contributed by atoms with van der Waals surface area (Å²) in [5.74, 6) is 0.835. The number of piperazine rings is 1. The van der Waals surface area contributed by atoms with Crippen LogP contribution in [0.3, 0.4) is 0 Å². The first-order valence-corrected chi connectivity index (χ1v) is 10.1. The average molecular weight is 373 g/mol. The molecule has 1 saturated heterocycles. The Balaban J connectivity index is 1.28. The van der Waals surface area contributed by atoms with Gasteiger partial charge in [-0.3, -0.25) is 9.59 Å². The van der Waals surface area contributed by atoms with Crippen molar-refractivity contribution < 1.29 is 14.0 Å². The third-order valence-corrected chi connectivity index (χ3v) is 6.75. The molecule has 1 aromatic rings. The van der Waals surface area contributed by atoms with Crippen molar-refractivity contribution in [3.05, 3.63) is 30.1 Å². The molecule has 1 aliphatic heterocycles. The molecule has 2 aliphatic carbocycles. The average Bonchev–Trinajstić information content (AvgIpc) is 3.31. The van der Waals surface area contributed by atoms with Crippen LogP contribution >= 0.6 is 0 Å². The molecule has 2 amide bonds. The Bertz CT molecular complexity index is 717. The molecule has 1 N–H and O–H groups in total. The number of fused-ring (bicyclic) bond motifs is 2. The van der Waals surface area contributed by atoms with Gasteiger partial charge in [-0.25, -0.2) is 4.39 Å². The topological polar surface area (TPSA) is 52.7 Å². The number of rotatable bonds is 3. The van der Waals surface area contributed by atoms with Gasteiger partial charge in [0.25, 0.3) is 0 Å². The van der Waals surface area contributed by atoms with Crippen molar-refractivity contribution in [1.29, 1.82) is 0 Å². The number of carbonyl (C=O) groups is 2. The van der Waals surface area contributed by atoms with Gasteiger partial charge in [-0.05, 0) is 56.1 Å². The van der Waals surface area contributed by atoms with Crippen molar-refractivity contribution in [2.75, 3.05) is 31.1 Å². The van der Waals surface area contributed by atoms with Crippen LogP contribution in [0.15, 0.2) is 24.3 Å². The second kappa shape index (κ2) is 7.49. The van der Waals surface area contributed by atoms with Crippen LogP contribution in [-0.2, 0) is 9.59 Å². The van der Waals surface area contributed by atoms with Gasteiger partial charge in [-0.15, -0.1) is 0 Å². The molecule has 5 nitrogen and oxygen atoms in total. The number of benzene rings is 1. The highest BCUT2D eigenvalue weighted by Gasteiger charge is 2.42. The maximum absolute atomic E-state index is 13.9. The highest BCUT2D eigenvalue weighted by Crippen LogP contribution is 2.49. The molecule has 27 heavy (non-hydrogen) atoms. The van der Waals surface area contributed by atoms with Gasteiger partial charge in [0.05, 0.1) is 5.69 Å². The van der Waals surface area contributed by atoms with E-state index >= 15 is 0 Å². The summed E-state index contributed by atoms with van der Waals surface area (Å²) >= 11 is 0. The molecule has 4 rings (SSSR count). The minimum Gasteiger partial charge on any atom is -0.366 e. The summed E-state index contributed by atoms with van der Waals surface area (Å²) in [6.07, 6.45) is 5.06. The van der Waals surface area contributed by atoms with Crippen molar-refractivity contribution in [1.82, 2.24) is 10.2 Å². The standard InChI is InChI=1S/C21H28FN3O2/c1-14(17-13-15-6-7-16(17)12-15)23-20(26)21(27)25-10-8-24(9-11-25)19-5-3-2-4-18(19)22/h2-5,14-17H,6-13H2,1H3,(H,23,26). The van der Waals surface area contributed by atoms with E-state index in [1.165, 1.54) is 31.7 Å². The smallest absolute Gasteiger partial charge is 0.312 e. The fraction of sp³-hybridized carbons (Fsp3) is 0.619. The van der Waals surface area contributed by atoms with Gasteiger partial charge in [0.2, 0.25) is 0 Å². The van der Waals surface area contributed by atoms with Crippen molar-refractivity contribution in [2.45, 2.75) is 38.6 Å². The van der Waals surface area contributed by atoms with Crippen molar-refractivity contribution in [3.63, 3.8) is 0 Å². The molecule has 3 aliphatic rings. The van der Waals surface area contributed by atoms with E-state index in [1.807, 2.05) is 11.8 Å². The molecule has 4 unspecified atom stereocenters. The SMILES string of the molecule is CC(NC(=O)C(=O)N1CCN(c2ccccc2F)CC1)C1CC2CCC1C2. The first-order chi connectivity index (χ1) is 13.0. The quantitative estimate of drug-likeness (QED) is 0.828. The lowest BCUT2D eigenvalue weighted by molar-refractivity contribution is -0.146. The number of nitrogens with one attached hydrogen (secondary N) is 1. The third-order valence-electron chi connectivity index (χ3n) is 6.75. The summed E-state index contributed by atoms with van der Waals surface area (Å²) in [6.45, 7) is 3.96. The Morgan fingerprint density at radius 2 is 1.85 bits per heavy atom. The number of nitrogens with zero attached hydrogens (tertiary/aromatic N) is 2. The van der Waals surface area contributed by atoms with Gasteiger partial charge in [0.1, 0.15) is 5.82 Å². The summed E-state index contributed by atoms with van der Waals surface area (Å²) in [5, 5.41) is 2.95. The number of halogens is 1. The second-order valence-electron chi connectivity index (χ2n) is 8.33. The summed E-state index contributed by atoms with van der Waals surface area (Å²) in [6, 6.07) is 6.71. The van der Waals surface area contributed by atoms with E-state index in [0.717, 1.165) is 5.92 Å². The van der Waals surface area contributed by atoms with E-state index < -0.39 is 11.8 Å². The Morgan fingerprint density at radius 1 is 1.11 bits per heavy atom. The summed E-state index contributed by atoms with van der Waals surface area (Å²) < 4.78 is 13.9. The van der Waals surface area contributed by atoms with E-state index in [-0.39, 0.29) is 11.9 Å². The Labute approximate surface area is 159 Å². The van der Waals surface area contributed by atoms with E-state index in [2.05, 4.69) is 5.32 Å². The molecule has 6 heteroatoms. The molecule has 2 bridgehead atoms. The van der Waals surface area contributed by atoms with Crippen LogP contribution in [-0.4, -0.2) is 48.9 Å². The number of amides is 2. The summed E-state index contributed by atoms with van der Waals surface area (Å²) in [5.41, 5.74) is 0.555. The van der Waals surface area contributed by atoms with Crippen LogP contribution in [0, 0.1) is 23.6 Å².